The number of rotatable bonds is 4. The second-order valence-electron chi connectivity index (χ2n) is 6.62. The van der Waals surface area contributed by atoms with Crippen LogP contribution in [0.3, 0.4) is 0 Å². The molecule has 0 spiro atoms. The van der Waals surface area contributed by atoms with Crippen LogP contribution in [0.15, 0.2) is 0 Å². The second kappa shape index (κ2) is 4.82. The zero-order valence-electron chi connectivity index (χ0n) is 12.1. The van der Waals surface area contributed by atoms with Crippen LogP contribution < -0.4 is 5.32 Å². The number of morpholine rings is 1. The van der Waals surface area contributed by atoms with E-state index in [0.717, 1.165) is 39.4 Å². The minimum atomic E-state index is 0.135. The molecule has 2 aliphatic rings. The SMILES string of the molecule is CC1(C)C(C(=O)NCCN2CCOCC2)C1(C)C. The fraction of sp³-hybridized carbons (Fsp3) is 0.929. The normalized spacial score (nSPS) is 26.9. The van der Waals surface area contributed by atoms with Gasteiger partial charge in [0.1, 0.15) is 0 Å². The zero-order chi connectivity index (χ0) is 13.4. The number of amides is 1. The summed E-state index contributed by atoms with van der Waals surface area (Å²) in [6, 6.07) is 0. The highest BCUT2D eigenvalue weighted by Crippen LogP contribution is 2.68. The molecular weight excluding hydrogens is 228 g/mol. The van der Waals surface area contributed by atoms with Crippen LogP contribution in [-0.2, 0) is 9.53 Å². The van der Waals surface area contributed by atoms with Gasteiger partial charge in [-0.05, 0) is 10.8 Å². The monoisotopic (exact) mass is 254 g/mol. The van der Waals surface area contributed by atoms with Crippen molar-refractivity contribution < 1.29 is 9.53 Å². The minimum Gasteiger partial charge on any atom is -0.379 e. The third-order valence-corrected chi connectivity index (χ3v) is 5.11. The summed E-state index contributed by atoms with van der Waals surface area (Å²) < 4.78 is 5.30. The number of nitrogens with one attached hydrogen (secondary N) is 1. The Labute approximate surface area is 110 Å². The van der Waals surface area contributed by atoms with Gasteiger partial charge in [0.05, 0.1) is 13.2 Å². The molecule has 0 unspecified atom stereocenters. The molecule has 1 heterocycles. The highest BCUT2D eigenvalue weighted by molar-refractivity contribution is 5.84. The molecule has 1 amide bonds. The van der Waals surface area contributed by atoms with Gasteiger partial charge < -0.3 is 10.1 Å². The standard InChI is InChI=1S/C14H26N2O2/c1-13(2)11(14(13,3)4)12(17)15-5-6-16-7-9-18-10-8-16/h11H,5-10H2,1-4H3,(H,15,17). The highest BCUT2D eigenvalue weighted by Gasteiger charge is 2.68. The molecule has 1 saturated carbocycles. The fourth-order valence-corrected chi connectivity index (χ4v) is 3.12. The van der Waals surface area contributed by atoms with Crippen molar-refractivity contribution in [3.63, 3.8) is 0 Å². The number of nitrogens with zero attached hydrogens (tertiary/aromatic N) is 1. The lowest BCUT2D eigenvalue weighted by atomic mass is 10.0. The Bertz CT molecular complexity index is 306. The molecule has 1 saturated heterocycles. The van der Waals surface area contributed by atoms with Gasteiger partial charge in [0, 0.05) is 32.1 Å². The van der Waals surface area contributed by atoms with Gasteiger partial charge in [0.25, 0.3) is 0 Å². The molecule has 4 heteroatoms. The predicted molar refractivity (Wildman–Crippen MR) is 71.3 cm³/mol. The lowest BCUT2D eigenvalue weighted by Crippen LogP contribution is -2.41. The van der Waals surface area contributed by atoms with E-state index >= 15 is 0 Å². The Morgan fingerprint density at radius 2 is 1.78 bits per heavy atom. The number of carbonyl (C=O) groups is 1. The molecule has 1 N–H and O–H groups in total. The smallest absolute Gasteiger partial charge is 0.224 e. The first kappa shape index (κ1) is 13.8. The van der Waals surface area contributed by atoms with E-state index in [-0.39, 0.29) is 22.7 Å². The van der Waals surface area contributed by atoms with E-state index in [2.05, 4.69) is 37.9 Å². The average Bonchev–Trinajstić information content (AvgIpc) is 2.70. The average molecular weight is 254 g/mol. The van der Waals surface area contributed by atoms with Gasteiger partial charge in [-0.1, -0.05) is 27.7 Å². The van der Waals surface area contributed by atoms with Crippen LogP contribution in [0.5, 0.6) is 0 Å². The lowest BCUT2D eigenvalue weighted by molar-refractivity contribution is -0.123. The van der Waals surface area contributed by atoms with E-state index in [1.807, 2.05) is 0 Å². The summed E-state index contributed by atoms with van der Waals surface area (Å²) in [5.41, 5.74) is 0.270. The largest absolute Gasteiger partial charge is 0.379 e. The first-order valence-corrected chi connectivity index (χ1v) is 6.95. The van der Waals surface area contributed by atoms with Crippen LogP contribution in [0.2, 0.25) is 0 Å². The van der Waals surface area contributed by atoms with E-state index in [1.54, 1.807) is 0 Å². The lowest BCUT2D eigenvalue weighted by Gasteiger charge is -2.26. The van der Waals surface area contributed by atoms with Crippen molar-refractivity contribution in [3.05, 3.63) is 0 Å². The molecule has 1 aliphatic heterocycles. The van der Waals surface area contributed by atoms with E-state index in [9.17, 15) is 4.79 Å². The van der Waals surface area contributed by atoms with E-state index in [1.165, 1.54) is 0 Å². The van der Waals surface area contributed by atoms with Crippen molar-refractivity contribution in [2.24, 2.45) is 16.7 Å². The summed E-state index contributed by atoms with van der Waals surface area (Å²) in [5.74, 6) is 0.382. The molecule has 1 aliphatic carbocycles. The molecule has 4 nitrogen and oxygen atoms in total. The molecular formula is C14H26N2O2. The van der Waals surface area contributed by atoms with Gasteiger partial charge in [-0.25, -0.2) is 0 Å². The van der Waals surface area contributed by atoms with Crippen molar-refractivity contribution in [2.45, 2.75) is 27.7 Å². The van der Waals surface area contributed by atoms with E-state index in [4.69, 9.17) is 4.74 Å². The van der Waals surface area contributed by atoms with E-state index < -0.39 is 0 Å². The summed E-state index contributed by atoms with van der Waals surface area (Å²) in [6.45, 7) is 14.0. The van der Waals surface area contributed by atoms with Crippen LogP contribution in [0.25, 0.3) is 0 Å². The molecule has 0 aromatic rings. The predicted octanol–water partition coefficient (Wildman–Crippen LogP) is 1.12. The van der Waals surface area contributed by atoms with Gasteiger partial charge in [-0.15, -0.1) is 0 Å². The number of carbonyl (C=O) groups excluding carboxylic acids is 1. The summed E-state index contributed by atoms with van der Waals surface area (Å²) in [5, 5.41) is 3.08. The quantitative estimate of drug-likeness (QED) is 0.817. The van der Waals surface area contributed by atoms with Gasteiger partial charge >= 0.3 is 0 Å². The molecule has 0 atom stereocenters. The van der Waals surface area contributed by atoms with Gasteiger partial charge in [-0.2, -0.15) is 0 Å². The Balaban J connectivity index is 1.70. The first-order valence-electron chi connectivity index (χ1n) is 6.95. The molecule has 0 radical (unpaired) electrons. The molecule has 2 fully saturated rings. The molecule has 18 heavy (non-hydrogen) atoms. The highest BCUT2D eigenvalue weighted by atomic mass is 16.5. The molecule has 2 rings (SSSR count). The summed E-state index contributed by atoms with van der Waals surface area (Å²) in [6.07, 6.45) is 0. The van der Waals surface area contributed by atoms with Crippen LogP contribution in [0, 0.1) is 16.7 Å². The van der Waals surface area contributed by atoms with Crippen LogP contribution >= 0.6 is 0 Å². The van der Waals surface area contributed by atoms with Crippen molar-refractivity contribution in [1.29, 1.82) is 0 Å². The summed E-state index contributed by atoms with van der Waals surface area (Å²) in [4.78, 5) is 14.5. The third kappa shape index (κ3) is 2.41. The van der Waals surface area contributed by atoms with Crippen molar-refractivity contribution in [1.82, 2.24) is 10.2 Å². The van der Waals surface area contributed by atoms with Crippen LogP contribution in [0.4, 0.5) is 0 Å². The summed E-state index contributed by atoms with van der Waals surface area (Å²) >= 11 is 0. The maximum Gasteiger partial charge on any atom is 0.224 e. The Hall–Kier alpha value is -0.610. The van der Waals surface area contributed by atoms with Crippen LogP contribution in [0.1, 0.15) is 27.7 Å². The zero-order valence-corrected chi connectivity index (χ0v) is 12.1. The number of hydrogen-bond donors (Lipinski definition) is 1. The van der Waals surface area contributed by atoms with Gasteiger partial charge in [0.2, 0.25) is 5.91 Å². The molecule has 104 valence electrons. The molecule has 0 aromatic carbocycles. The minimum absolute atomic E-state index is 0.135. The third-order valence-electron chi connectivity index (χ3n) is 5.11. The number of hydrogen-bond acceptors (Lipinski definition) is 3. The second-order valence-corrected chi connectivity index (χ2v) is 6.62. The van der Waals surface area contributed by atoms with Crippen molar-refractivity contribution in [2.75, 3.05) is 39.4 Å². The van der Waals surface area contributed by atoms with Gasteiger partial charge in [-0.3, -0.25) is 9.69 Å². The molecule has 0 aromatic heterocycles. The van der Waals surface area contributed by atoms with E-state index in [0.29, 0.717) is 0 Å². The first-order chi connectivity index (χ1) is 8.37. The Kier molecular flexibility index (Phi) is 3.70. The Morgan fingerprint density at radius 1 is 1.22 bits per heavy atom. The fourth-order valence-electron chi connectivity index (χ4n) is 3.12. The summed E-state index contributed by atoms with van der Waals surface area (Å²) in [7, 11) is 0. The van der Waals surface area contributed by atoms with Crippen molar-refractivity contribution >= 4 is 5.91 Å². The maximum atomic E-state index is 12.1. The topological polar surface area (TPSA) is 41.6 Å². The van der Waals surface area contributed by atoms with Gasteiger partial charge in [0.15, 0.2) is 0 Å². The Morgan fingerprint density at radius 3 is 2.28 bits per heavy atom. The van der Waals surface area contributed by atoms with Crippen LogP contribution in [-0.4, -0.2) is 50.2 Å². The molecule has 0 bridgehead atoms. The number of ether oxygens (including phenoxy) is 1. The van der Waals surface area contributed by atoms with Crippen molar-refractivity contribution in [3.8, 4) is 0 Å². The maximum absolute atomic E-state index is 12.1.